The summed E-state index contributed by atoms with van der Waals surface area (Å²) in [6.07, 6.45) is 3.19. The van der Waals surface area contributed by atoms with Crippen LogP contribution >= 0.6 is 0 Å². The first-order chi connectivity index (χ1) is 8.69. The van der Waals surface area contributed by atoms with E-state index in [1.165, 1.54) is 6.08 Å². The molecule has 0 unspecified atom stereocenters. The fourth-order valence-electron chi connectivity index (χ4n) is 1.64. The van der Waals surface area contributed by atoms with Gasteiger partial charge in [-0.1, -0.05) is 0 Å². The topological polar surface area (TPSA) is 67.0 Å². The molecule has 18 heavy (non-hydrogen) atoms. The summed E-state index contributed by atoms with van der Waals surface area (Å²) in [5.41, 5.74) is 2.62. The van der Waals surface area contributed by atoms with Gasteiger partial charge in [0.05, 0.1) is 18.3 Å². The molecule has 0 aliphatic rings. The molecule has 0 saturated heterocycles. The molecule has 0 amide bonds. The van der Waals surface area contributed by atoms with E-state index in [-0.39, 0.29) is 5.97 Å². The average Bonchev–Trinajstić information content (AvgIpc) is 2.76. The summed E-state index contributed by atoms with van der Waals surface area (Å²) >= 11 is 0. The van der Waals surface area contributed by atoms with E-state index < -0.39 is 0 Å². The molecule has 5 nitrogen and oxygen atoms in total. The number of hydrogen-bond donors (Lipinski definition) is 2. The Hall–Kier alpha value is -2.30. The number of H-pyrrole nitrogens is 1. The van der Waals surface area contributed by atoms with Gasteiger partial charge in [0, 0.05) is 22.8 Å². The first kappa shape index (κ1) is 12.2. The van der Waals surface area contributed by atoms with Crippen LogP contribution in [0.25, 0.3) is 10.9 Å². The van der Waals surface area contributed by atoms with Crippen molar-refractivity contribution in [1.29, 1.82) is 0 Å². The largest absolute Gasteiger partial charge is 0.463 e. The molecule has 1 heterocycles. The zero-order valence-electron chi connectivity index (χ0n) is 10.4. The fraction of sp³-hybridized carbons (Fsp3) is 0.231. The van der Waals surface area contributed by atoms with Crippen molar-refractivity contribution in [3.05, 3.63) is 36.2 Å². The number of rotatable bonds is 4. The maximum absolute atomic E-state index is 11.3. The Kier molecular flexibility index (Phi) is 3.62. The molecule has 2 N–H and O–H groups in total. The van der Waals surface area contributed by atoms with Crippen LogP contribution in [-0.2, 0) is 9.53 Å². The number of fused-ring (bicyclic) bond motifs is 1. The van der Waals surface area contributed by atoms with Crippen LogP contribution in [0.5, 0.6) is 0 Å². The van der Waals surface area contributed by atoms with Gasteiger partial charge >= 0.3 is 5.97 Å². The van der Waals surface area contributed by atoms with Gasteiger partial charge in [-0.25, -0.2) is 4.79 Å². The van der Waals surface area contributed by atoms with Gasteiger partial charge in [0.15, 0.2) is 0 Å². The van der Waals surface area contributed by atoms with Crippen LogP contribution in [0, 0.1) is 0 Å². The lowest BCUT2D eigenvalue weighted by molar-refractivity contribution is -0.137. The van der Waals surface area contributed by atoms with Crippen molar-refractivity contribution < 1.29 is 9.53 Å². The molecule has 0 saturated carbocycles. The molecular weight excluding hydrogens is 230 g/mol. The molecule has 94 valence electrons. The van der Waals surface area contributed by atoms with Gasteiger partial charge in [0.25, 0.3) is 0 Å². The third kappa shape index (κ3) is 2.88. The van der Waals surface area contributed by atoms with Crippen LogP contribution < -0.4 is 5.32 Å². The number of anilines is 1. The lowest BCUT2D eigenvalue weighted by Gasteiger charge is -2.06. The van der Waals surface area contributed by atoms with Gasteiger partial charge in [-0.3, -0.25) is 5.10 Å². The smallest absolute Gasteiger partial charge is 0.332 e. The van der Waals surface area contributed by atoms with Crippen LogP contribution in [0.4, 0.5) is 5.69 Å². The van der Waals surface area contributed by atoms with Gasteiger partial charge in [0.2, 0.25) is 0 Å². The molecule has 0 bridgehead atoms. The Morgan fingerprint density at radius 3 is 3.17 bits per heavy atom. The van der Waals surface area contributed by atoms with Gasteiger partial charge < -0.3 is 10.1 Å². The number of ether oxygens (including phenoxy) is 1. The summed E-state index contributed by atoms with van der Waals surface area (Å²) in [4.78, 5) is 11.3. The van der Waals surface area contributed by atoms with Crippen LogP contribution in [0.15, 0.2) is 36.2 Å². The third-order valence-corrected chi connectivity index (χ3v) is 2.40. The van der Waals surface area contributed by atoms with Crippen LogP contribution in [-0.4, -0.2) is 22.8 Å². The molecule has 5 heteroatoms. The number of nitrogens with one attached hydrogen (secondary N) is 2. The van der Waals surface area contributed by atoms with Crippen molar-refractivity contribution >= 4 is 22.6 Å². The standard InChI is InChI=1S/C13H15N3O2/c1-3-18-13(17)6-9(2)15-11-4-5-12-10(7-11)8-14-16-12/h4-8,15H,3H2,1-2H3,(H,14,16)/b9-6+. The number of aromatic amines is 1. The Morgan fingerprint density at radius 1 is 1.56 bits per heavy atom. The minimum absolute atomic E-state index is 0.341. The summed E-state index contributed by atoms with van der Waals surface area (Å²) in [7, 11) is 0. The number of aromatic nitrogens is 2. The monoisotopic (exact) mass is 245 g/mol. The third-order valence-electron chi connectivity index (χ3n) is 2.40. The number of hydrogen-bond acceptors (Lipinski definition) is 4. The van der Waals surface area contributed by atoms with Crippen molar-refractivity contribution in [3.8, 4) is 0 Å². The zero-order chi connectivity index (χ0) is 13.0. The Labute approximate surface area is 105 Å². The predicted molar refractivity (Wildman–Crippen MR) is 70.1 cm³/mol. The number of carbonyl (C=O) groups excluding carboxylic acids is 1. The van der Waals surface area contributed by atoms with Crippen molar-refractivity contribution in [2.75, 3.05) is 11.9 Å². The Balaban J connectivity index is 2.10. The van der Waals surface area contributed by atoms with E-state index >= 15 is 0 Å². The summed E-state index contributed by atoms with van der Waals surface area (Å²) in [5, 5.41) is 11.0. The quantitative estimate of drug-likeness (QED) is 0.641. The maximum atomic E-state index is 11.3. The van der Waals surface area contributed by atoms with Crippen molar-refractivity contribution in [3.63, 3.8) is 0 Å². The lowest BCUT2D eigenvalue weighted by atomic mass is 10.2. The average molecular weight is 245 g/mol. The Bertz CT molecular complexity index is 587. The fourth-order valence-corrected chi connectivity index (χ4v) is 1.64. The van der Waals surface area contributed by atoms with Crippen LogP contribution in [0.1, 0.15) is 13.8 Å². The molecule has 0 atom stereocenters. The lowest BCUT2D eigenvalue weighted by Crippen LogP contribution is -2.04. The molecular formula is C13H15N3O2. The van der Waals surface area contributed by atoms with E-state index in [9.17, 15) is 4.79 Å². The molecule has 1 aromatic heterocycles. The summed E-state index contributed by atoms with van der Waals surface area (Å²) in [5.74, 6) is -0.341. The maximum Gasteiger partial charge on any atom is 0.332 e. The predicted octanol–water partition coefficient (Wildman–Crippen LogP) is 2.44. The summed E-state index contributed by atoms with van der Waals surface area (Å²) in [6.45, 7) is 3.97. The molecule has 0 radical (unpaired) electrons. The van der Waals surface area contributed by atoms with Gasteiger partial charge in [-0.05, 0) is 32.0 Å². The molecule has 0 aliphatic carbocycles. The first-order valence-corrected chi connectivity index (χ1v) is 5.74. The highest BCUT2D eigenvalue weighted by Gasteiger charge is 2.00. The second kappa shape index (κ2) is 5.35. The van der Waals surface area contributed by atoms with Gasteiger partial charge in [0.1, 0.15) is 0 Å². The molecule has 1 aromatic carbocycles. The normalized spacial score (nSPS) is 11.6. The summed E-state index contributed by atoms with van der Waals surface area (Å²) < 4.78 is 4.84. The minimum atomic E-state index is -0.341. The molecule has 2 rings (SSSR count). The Morgan fingerprint density at radius 2 is 2.39 bits per heavy atom. The van der Waals surface area contributed by atoms with Gasteiger partial charge in [-0.15, -0.1) is 0 Å². The van der Waals surface area contributed by atoms with E-state index in [4.69, 9.17) is 4.74 Å². The van der Waals surface area contributed by atoms with E-state index in [2.05, 4.69) is 15.5 Å². The van der Waals surface area contributed by atoms with Crippen molar-refractivity contribution in [2.45, 2.75) is 13.8 Å². The summed E-state index contributed by atoms with van der Waals surface area (Å²) in [6, 6.07) is 5.81. The molecule has 0 fully saturated rings. The van der Waals surface area contributed by atoms with Crippen molar-refractivity contribution in [2.24, 2.45) is 0 Å². The van der Waals surface area contributed by atoms with E-state index in [0.29, 0.717) is 6.61 Å². The highest BCUT2D eigenvalue weighted by molar-refractivity contribution is 5.84. The number of allylic oxidation sites excluding steroid dienone is 1. The van der Waals surface area contributed by atoms with Crippen molar-refractivity contribution in [1.82, 2.24) is 10.2 Å². The SMILES string of the molecule is CCOC(=O)/C=C(\C)Nc1ccc2[nH]ncc2c1. The molecule has 0 spiro atoms. The number of carbonyl (C=O) groups is 1. The highest BCUT2D eigenvalue weighted by atomic mass is 16.5. The highest BCUT2D eigenvalue weighted by Crippen LogP contribution is 2.17. The van der Waals surface area contributed by atoms with E-state index in [1.807, 2.05) is 25.1 Å². The number of benzene rings is 1. The van der Waals surface area contributed by atoms with Crippen LogP contribution in [0.2, 0.25) is 0 Å². The molecule has 0 aliphatic heterocycles. The second-order valence-corrected chi connectivity index (χ2v) is 3.88. The second-order valence-electron chi connectivity index (χ2n) is 3.88. The molecule has 2 aromatic rings. The van der Waals surface area contributed by atoms with E-state index in [1.54, 1.807) is 13.1 Å². The minimum Gasteiger partial charge on any atom is -0.463 e. The first-order valence-electron chi connectivity index (χ1n) is 5.74. The van der Waals surface area contributed by atoms with E-state index in [0.717, 1.165) is 22.3 Å². The number of nitrogens with zero attached hydrogens (tertiary/aromatic N) is 1. The number of esters is 1. The van der Waals surface area contributed by atoms with Gasteiger partial charge in [-0.2, -0.15) is 5.10 Å². The van der Waals surface area contributed by atoms with Crippen LogP contribution in [0.3, 0.4) is 0 Å². The zero-order valence-corrected chi connectivity index (χ0v) is 10.4.